The van der Waals surface area contributed by atoms with Crippen molar-refractivity contribution in [2.75, 3.05) is 19.8 Å². The molecule has 116 valence electrons. The molecule has 1 heterocycles. The maximum absolute atomic E-state index is 5.89. The highest BCUT2D eigenvalue weighted by molar-refractivity contribution is 5.43. The van der Waals surface area contributed by atoms with Crippen molar-refractivity contribution in [3.63, 3.8) is 0 Å². The van der Waals surface area contributed by atoms with Crippen LogP contribution in [0.2, 0.25) is 0 Å². The largest absolute Gasteiger partial charge is 0.490 e. The maximum Gasteiger partial charge on any atom is 0.184 e. The van der Waals surface area contributed by atoms with E-state index in [0.29, 0.717) is 26.4 Å². The molecule has 4 nitrogen and oxygen atoms in total. The fourth-order valence-electron chi connectivity index (χ4n) is 2.34. The summed E-state index contributed by atoms with van der Waals surface area (Å²) >= 11 is 0. The number of rotatable bonds is 6. The molecule has 0 unspecified atom stereocenters. The van der Waals surface area contributed by atoms with Gasteiger partial charge in [0.15, 0.2) is 17.8 Å². The molecule has 0 aliphatic carbocycles. The van der Waals surface area contributed by atoms with Crippen molar-refractivity contribution in [3.8, 4) is 11.5 Å². The molecule has 0 atom stereocenters. The zero-order valence-corrected chi connectivity index (χ0v) is 12.7. The standard InChI is InChI=1S/C18H20O4/c1-2-19-17-12-15(18-20-10-11-21-18)8-9-16(17)22-13-14-6-4-3-5-7-14/h3-9,12,18H,2,10-11,13H2,1H3. The number of hydrogen-bond acceptors (Lipinski definition) is 4. The Hall–Kier alpha value is -2.04. The molecule has 0 N–H and O–H groups in total. The van der Waals surface area contributed by atoms with E-state index in [1.807, 2.05) is 55.5 Å². The van der Waals surface area contributed by atoms with Gasteiger partial charge in [-0.3, -0.25) is 0 Å². The van der Waals surface area contributed by atoms with Gasteiger partial charge in [0, 0.05) is 5.56 Å². The molecule has 0 saturated carbocycles. The average molecular weight is 300 g/mol. The van der Waals surface area contributed by atoms with Crippen molar-refractivity contribution >= 4 is 0 Å². The molecule has 1 saturated heterocycles. The SMILES string of the molecule is CCOc1cc(C2OCCO2)ccc1OCc1ccccc1. The van der Waals surface area contributed by atoms with Gasteiger partial charge < -0.3 is 18.9 Å². The maximum atomic E-state index is 5.89. The van der Waals surface area contributed by atoms with E-state index >= 15 is 0 Å². The summed E-state index contributed by atoms with van der Waals surface area (Å²) in [6.45, 7) is 4.30. The van der Waals surface area contributed by atoms with E-state index in [9.17, 15) is 0 Å². The van der Waals surface area contributed by atoms with Crippen LogP contribution in [0.15, 0.2) is 48.5 Å². The van der Waals surface area contributed by atoms with E-state index in [0.717, 1.165) is 22.6 Å². The van der Waals surface area contributed by atoms with Gasteiger partial charge in [0.25, 0.3) is 0 Å². The van der Waals surface area contributed by atoms with Gasteiger partial charge in [-0.2, -0.15) is 0 Å². The van der Waals surface area contributed by atoms with Gasteiger partial charge in [-0.15, -0.1) is 0 Å². The van der Waals surface area contributed by atoms with E-state index in [4.69, 9.17) is 18.9 Å². The molecule has 0 amide bonds. The highest BCUT2D eigenvalue weighted by Gasteiger charge is 2.20. The summed E-state index contributed by atoms with van der Waals surface area (Å²) in [6, 6.07) is 15.9. The summed E-state index contributed by atoms with van der Waals surface area (Å²) in [5, 5.41) is 0. The quantitative estimate of drug-likeness (QED) is 0.815. The van der Waals surface area contributed by atoms with Gasteiger partial charge in [0.05, 0.1) is 19.8 Å². The first-order chi connectivity index (χ1) is 10.9. The minimum Gasteiger partial charge on any atom is -0.490 e. The van der Waals surface area contributed by atoms with Gasteiger partial charge >= 0.3 is 0 Å². The predicted molar refractivity (Wildman–Crippen MR) is 83.0 cm³/mol. The lowest BCUT2D eigenvalue weighted by Crippen LogP contribution is -2.03. The zero-order chi connectivity index (χ0) is 15.2. The van der Waals surface area contributed by atoms with Crippen molar-refractivity contribution in [1.29, 1.82) is 0 Å². The van der Waals surface area contributed by atoms with Gasteiger partial charge in [-0.05, 0) is 24.6 Å². The molecule has 3 rings (SSSR count). The summed E-state index contributed by atoms with van der Waals surface area (Å²) in [5.41, 5.74) is 2.07. The highest BCUT2D eigenvalue weighted by Crippen LogP contribution is 2.33. The minimum absolute atomic E-state index is 0.303. The lowest BCUT2D eigenvalue weighted by molar-refractivity contribution is -0.0442. The van der Waals surface area contributed by atoms with Crippen molar-refractivity contribution in [1.82, 2.24) is 0 Å². The van der Waals surface area contributed by atoms with E-state index < -0.39 is 0 Å². The van der Waals surface area contributed by atoms with Gasteiger partial charge in [-0.25, -0.2) is 0 Å². The molecule has 1 aliphatic heterocycles. The van der Waals surface area contributed by atoms with Gasteiger partial charge in [0.1, 0.15) is 6.61 Å². The summed E-state index contributed by atoms with van der Waals surface area (Å²) in [4.78, 5) is 0. The minimum atomic E-state index is -0.303. The van der Waals surface area contributed by atoms with Crippen LogP contribution in [0.5, 0.6) is 11.5 Å². The first-order valence-electron chi connectivity index (χ1n) is 7.53. The van der Waals surface area contributed by atoms with Gasteiger partial charge in [0.2, 0.25) is 0 Å². The van der Waals surface area contributed by atoms with E-state index in [-0.39, 0.29) is 6.29 Å². The van der Waals surface area contributed by atoms with Crippen molar-refractivity contribution < 1.29 is 18.9 Å². The van der Waals surface area contributed by atoms with Crippen LogP contribution >= 0.6 is 0 Å². The topological polar surface area (TPSA) is 36.9 Å². The van der Waals surface area contributed by atoms with Crippen molar-refractivity contribution in [2.24, 2.45) is 0 Å². The molecule has 4 heteroatoms. The fourth-order valence-corrected chi connectivity index (χ4v) is 2.34. The second kappa shape index (κ2) is 7.29. The first kappa shape index (κ1) is 14.9. The lowest BCUT2D eigenvalue weighted by Gasteiger charge is -2.15. The van der Waals surface area contributed by atoms with Crippen LogP contribution in [0, 0.1) is 0 Å². The summed E-state index contributed by atoms with van der Waals surface area (Å²) in [7, 11) is 0. The molecule has 1 fully saturated rings. The Kier molecular flexibility index (Phi) is 4.93. The predicted octanol–water partition coefficient (Wildman–Crippen LogP) is 3.71. The van der Waals surface area contributed by atoms with Crippen LogP contribution < -0.4 is 9.47 Å². The third-order valence-corrected chi connectivity index (χ3v) is 3.40. The second-order valence-electron chi connectivity index (χ2n) is 4.99. The van der Waals surface area contributed by atoms with Crippen LogP contribution in [0.3, 0.4) is 0 Å². The third-order valence-electron chi connectivity index (χ3n) is 3.40. The van der Waals surface area contributed by atoms with Gasteiger partial charge in [-0.1, -0.05) is 36.4 Å². The lowest BCUT2D eigenvalue weighted by atomic mass is 10.2. The second-order valence-corrected chi connectivity index (χ2v) is 4.99. The molecule has 22 heavy (non-hydrogen) atoms. The summed E-state index contributed by atoms with van der Waals surface area (Å²) in [6.07, 6.45) is -0.303. The van der Waals surface area contributed by atoms with E-state index in [2.05, 4.69) is 0 Å². The molecule has 0 radical (unpaired) electrons. The third kappa shape index (κ3) is 3.59. The number of ether oxygens (including phenoxy) is 4. The normalized spacial score (nSPS) is 15.0. The van der Waals surface area contributed by atoms with Crippen molar-refractivity contribution in [2.45, 2.75) is 19.8 Å². The van der Waals surface area contributed by atoms with Crippen LogP contribution in [0.1, 0.15) is 24.3 Å². The molecule has 2 aromatic carbocycles. The Labute approximate surface area is 130 Å². The Morgan fingerprint density at radius 1 is 0.955 bits per heavy atom. The first-order valence-corrected chi connectivity index (χ1v) is 7.53. The number of hydrogen-bond donors (Lipinski definition) is 0. The molecule has 2 aromatic rings. The Morgan fingerprint density at radius 2 is 1.73 bits per heavy atom. The summed E-state index contributed by atoms with van der Waals surface area (Å²) < 4.78 is 22.6. The fraction of sp³-hybridized carbons (Fsp3) is 0.333. The van der Waals surface area contributed by atoms with Crippen LogP contribution in [-0.4, -0.2) is 19.8 Å². The van der Waals surface area contributed by atoms with E-state index in [1.54, 1.807) is 0 Å². The molecular weight excluding hydrogens is 280 g/mol. The average Bonchev–Trinajstić information content (AvgIpc) is 3.09. The molecular formula is C18H20O4. The zero-order valence-electron chi connectivity index (χ0n) is 12.7. The van der Waals surface area contributed by atoms with Crippen molar-refractivity contribution in [3.05, 3.63) is 59.7 Å². The molecule has 0 spiro atoms. The molecule has 0 aromatic heterocycles. The summed E-state index contributed by atoms with van der Waals surface area (Å²) in [5.74, 6) is 1.45. The Balaban J connectivity index is 1.74. The van der Waals surface area contributed by atoms with Crippen LogP contribution in [0.4, 0.5) is 0 Å². The Morgan fingerprint density at radius 3 is 2.45 bits per heavy atom. The van der Waals surface area contributed by atoms with E-state index in [1.165, 1.54) is 0 Å². The number of benzene rings is 2. The van der Waals surface area contributed by atoms with Crippen LogP contribution in [-0.2, 0) is 16.1 Å². The molecule has 0 bridgehead atoms. The smallest absolute Gasteiger partial charge is 0.184 e. The Bertz CT molecular complexity index is 591. The monoisotopic (exact) mass is 300 g/mol. The van der Waals surface area contributed by atoms with Crippen LogP contribution in [0.25, 0.3) is 0 Å². The molecule has 1 aliphatic rings. The highest BCUT2D eigenvalue weighted by atomic mass is 16.7.